The summed E-state index contributed by atoms with van der Waals surface area (Å²) in [6.45, 7) is 3.66. The number of carbonyl (C=O) groups excluding carboxylic acids is 2. The van der Waals surface area contributed by atoms with E-state index < -0.39 is 6.04 Å². The fraction of sp³-hybridized carbons (Fsp3) is 0.385. The second-order valence-electron chi connectivity index (χ2n) is 4.51. The highest BCUT2D eigenvalue weighted by atomic mass is 35.5. The molecule has 1 aromatic rings. The molecule has 0 bridgehead atoms. The molecule has 1 saturated heterocycles. The Morgan fingerprint density at radius 3 is 2.79 bits per heavy atom. The summed E-state index contributed by atoms with van der Waals surface area (Å²) in [6, 6.07) is 6.15. The van der Waals surface area contributed by atoms with Crippen molar-refractivity contribution in [2.75, 3.05) is 6.54 Å². The molecular weight excluding hydrogens is 268 g/mol. The average Bonchev–Trinajstić information content (AvgIpc) is 2.56. The number of benzene rings is 1. The molecular formula is C13H15ClN2O3. The van der Waals surface area contributed by atoms with Gasteiger partial charge < -0.3 is 10.1 Å². The maximum atomic E-state index is 11.7. The molecule has 1 aromatic carbocycles. The van der Waals surface area contributed by atoms with Crippen molar-refractivity contribution in [3.05, 3.63) is 29.3 Å². The van der Waals surface area contributed by atoms with Gasteiger partial charge in [-0.3, -0.25) is 9.69 Å². The highest BCUT2D eigenvalue weighted by Gasteiger charge is 2.35. The lowest BCUT2D eigenvalue weighted by atomic mass is 10.3. The van der Waals surface area contributed by atoms with Gasteiger partial charge in [0.2, 0.25) is 0 Å². The van der Waals surface area contributed by atoms with Crippen LogP contribution in [0.25, 0.3) is 0 Å². The minimum atomic E-state index is -0.467. The highest BCUT2D eigenvalue weighted by Crippen LogP contribution is 2.19. The molecule has 1 aliphatic rings. The second kappa shape index (κ2) is 5.48. The zero-order valence-corrected chi connectivity index (χ0v) is 11.5. The van der Waals surface area contributed by atoms with Crippen molar-refractivity contribution in [3.8, 4) is 5.75 Å². The van der Waals surface area contributed by atoms with Crippen LogP contribution in [0.15, 0.2) is 24.3 Å². The molecule has 0 saturated carbocycles. The number of carbonyl (C=O) groups is 2. The molecule has 1 N–H and O–H groups in total. The van der Waals surface area contributed by atoms with Gasteiger partial charge in [-0.15, -0.1) is 0 Å². The van der Waals surface area contributed by atoms with Gasteiger partial charge >= 0.3 is 6.03 Å². The average molecular weight is 283 g/mol. The minimum Gasteiger partial charge on any atom is -0.489 e. The lowest BCUT2D eigenvalue weighted by molar-refractivity contribution is -0.127. The molecule has 6 heteroatoms. The van der Waals surface area contributed by atoms with Crippen LogP contribution < -0.4 is 10.1 Å². The van der Waals surface area contributed by atoms with Gasteiger partial charge in [0.15, 0.2) is 0 Å². The van der Waals surface area contributed by atoms with E-state index in [9.17, 15) is 9.59 Å². The van der Waals surface area contributed by atoms with Crippen LogP contribution in [0, 0.1) is 0 Å². The van der Waals surface area contributed by atoms with Gasteiger partial charge in [-0.2, -0.15) is 0 Å². The third kappa shape index (κ3) is 3.17. The van der Waals surface area contributed by atoms with Crippen molar-refractivity contribution in [1.29, 1.82) is 0 Å². The molecule has 0 radical (unpaired) electrons. The molecule has 102 valence electrons. The SMILES string of the molecule is CC(CN1C(=O)N[C@H](C)C1=O)Oc1cccc(Cl)c1. The molecule has 0 spiro atoms. The Labute approximate surface area is 116 Å². The fourth-order valence-corrected chi connectivity index (χ4v) is 2.08. The van der Waals surface area contributed by atoms with Crippen LogP contribution in [-0.4, -0.2) is 35.5 Å². The summed E-state index contributed by atoms with van der Waals surface area (Å²) in [5.41, 5.74) is 0. The van der Waals surface area contributed by atoms with Crippen LogP contribution in [0.3, 0.4) is 0 Å². The number of rotatable bonds is 4. The van der Waals surface area contributed by atoms with Gasteiger partial charge in [0.1, 0.15) is 17.9 Å². The summed E-state index contributed by atoms with van der Waals surface area (Å²) in [4.78, 5) is 24.4. The standard InChI is InChI=1S/C13H15ClN2O3/c1-8(19-11-5-3-4-10(14)6-11)7-16-12(17)9(2)15-13(16)18/h3-6,8-9H,7H2,1-2H3,(H,15,18)/t8?,9-/m1/s1. The molecule has 2 rings (SSSR count). The summed E-state index contributed by atoms with van der Waals surface area (Å²) in [5, 5.41) is 3.13. The van der Waals surface area contributed by atoms with E-state index in [1.165, 1.54) is 4.90 Å². The molecule has 1 fully saturated rings. The van der Waals surface area contributed by atoms with Crippen molar-refractivity contribution in [3.63, 3.8) is 0 Å². The molecule has 1 heterocycles. The third-order valence-corrected chi connectivity index (χ3v) is 3.03. The topological polar surface area (TPSA) is 58.6 Å². The Hall–Kier alpha value is -1.75. The lowest BCUT2D eigenvalue weighted by Crippen LogP contribution is -2.38. The Balaban J connectivity index is 1.96. The van der Waals surface area contributed by atoms with Crippen molar-refractivity contribution >= 4 is 23.5 Å². The quantitative estimate of drug-likeness (QED) is 0.860. The normalized spacial score (nSPS) is 20.4. The predicted octanol–water partition coefficient (Wildman–Crippen LogP) is 2.05. The van der Waals surface area contributed by atoms with Crippen molar-refractivity contribution in [2.24, 2.45) is 0 Å². The summed E-state index contributed by atoms with van der Waals surface area (Å²) < 4.78 is 5.63. The number of halogens is 1. The van der Waals surface area contributed by atoms with E-state index in [1.807, 2.05) is 0 Å². The van der Waals surface area contributed by atoms with Gasteiger partial charge in [0, 0.05) is 5.02 Å². The number of hydrogen-bond acceptors (Lipinski definition) is 3. The Bertz CT molecular complexity index is 506. The van der Waals surface area contributed by atoms with Gasteiger partial charge in [0.05, 0.1) is 6.54 Å². The van der Waals surface area contributed by atoms with Gasteiger partial charge in [-0.1, -0.05) is 17.7 Å². The van der Waals surface area contributed by atoms with Gasteiger partial charge in [-0.25, -0.2) is 4.79 Å². The largest absolute Gasteiger partial charge is 0.489 e. The summed E-state index contributed by atoms with van der Waals surface area (Å²) >= 11 is 5.86. The van der Waals surface area contributed by atoms with Crippen LogP contribution in [0.2, 0.25) is 5.02 Å². The predicted molar refractivity (Wildman–Crippen MR) is 71.2 cm³/mol. The summed E-state index contributed by atoms with van der Waals surface area (Å²) in [7, 11) is 0. The van der Waals surface area contributed by atoms with Crippen LogP contribution in [0.5, 0.6) is 5.75 Å². The zero-order valence-electron chi connectivity index (χ0n) is 10.7. The maximum Gasteiger partial charge on any atom is 0.324 e. The Morgan fingerprint density at radius 2 is 2.21 bits per heavy atom. The molecule has 2 atom stereocenters. The van der Waals surface area contributed by atoms with Gasteiger partial charge in [0.25, 0.3) is 5.91 Å². The van der Waals surface area contributed by atoms with E-state index >= 15 is 0 Å². The minimum absolute atomic E-state index is 0.210. The Morgan fingerprint density at radius 1 is 1.47 bits per heavy atom. The van der Waals surface area contributed by atoms with Crippen molar-refractivity contribution in [2.45, 2.75) is 26.0 Å². The molecule has 0 aromatic heterocycles. The van der Waals surface area contributed by atoms with E-state index in [0.29, 0.717) is 10.8 Å². The fourth-order valence-electron chi connectivity index (χ4n) is 1.90. The van der Waals surface area contributed by atoms with Crippen molar-refractivity contribution < 1.29 is 14.3 Å². The van der Waals surface area contributed by atoms with Crippen molar-refractivity contribution in [1.82, 2.24) is 10.2 Å². The van der Waals surface area contributed by atoms with Crippen LogP contribution in [0.1, 0.15) is 13.8 Å². The number of hydrogen-bond donors (Lipinski definition) is 1. The number of imide groups is 1. The maximum absolute atomic E-state index is 11.7. The molecule has 5 nitrogen and oxygen atoms in total. The zero-order chi connectivity index (χ0) is 14.0. The number of nitrogens with zero attached hydrogens (tertiary/aromatic N) is 1. The summed E-state index contributed by atoms with van der Waals surface area (Å²) in [6.07, 6.45) is -0.307. The van der Waals surface area contributed by atoms with E-state index in [4.69, 9.17) is 16.3 Å². The smallest absolute Gasteiger partial charge is 0.324 e. The first kappa shape index (κ1) is 13.7. The number of nitrogens with one attached hydrogen (secondary N) is 1. The first-order chi connectivity index (χ1) is 8.97. The number of amides is 3. The summed E-state index contributed by atoms with van der Waals surface area (Å²) in [5.74, 6) is 0.381. The lowest BCUT2D eigenvalue weighted by Gasteiger charge is -2.19. The first-order valence-corrected chi connectivity index (χ1v) is 6.39. The molecule has 3 amide bonds. The van der Waals surface area contributed by atoms with Crippen LogP contribution in [-0.2, 0) is 4.79 Å². The molecule has 1 aliphatic heterocycles. The van der Waals surface area contributed by atoms with Crippen LogP contribution >= 0.6 is 11.6 Å². The highest BCUT2D eigenvalue weighted by molar-refractivity contribution is 6.30. The molecule has 19 heavy (non-hydrogen) atoms. The third-order valence-electron chi connectivity index (χ3n) is 2.79. The van der Waals surface area contributed by atoms with E-state index in [1.54, 1.807) is 38.1 Å². The van der Waals surface area contributed by atoms with Crippen LogP contribution in [0.4, 0.5) is 4.79 Å². The van der Waals surface area contributed by atoms with E-state index in [-0.39, 0.29) is 24.6 Å². The first-order valence-electron chi connectivity index (χ1n) is 6.01. The number of ether oxygens (including phenoxy) is 1. The molecule has 0 aliphatic carbocycles. The molecule has 1 unspecified atom stereocenters. The Kier molecular flexibility index (Phi) is 3.95. The van der Waals surface area contributed by atoms with E-state index in [2.05, 4.69) is 5.32 Å². The number of urea groups is 1. The van der Waals surface area contributed by atoms with E-state index in [0.717, 1.165) is 0 Å². The monoisotopic (exact) mass is 282 g/mol. The second-order valence-corrected chi connectivity index (χ2v) is 4.94. The van der Waals surface area contributed by atoms with Gasteiger partial charge in [-0.05, 0) is 32.0 Å².